The van der Waals surface area contributed by atoms with Crippen LogP contribution in [0, 0.1) is 5.92 Å². The van der Waals surface area contributed by atoms with Crippen molar-refractivity contribution in [2.45, 2.75) is 51.1 Å². The molecule has 0 N–H and O–H groups in total. The van der Waals surface area contributed by atoms with E-state index >= 15 is 0 Å². The summed E-state index contributed by atoms with van der Waals surface area (Å²) in [6, 6.07) is 1.61. The van der Waals surface area contributed by atoms with Crippen LogP contribution in [0.25, 0.3) is 0 Å². The molecule has 3 fully saturated rings. The van der Waals surface area contributed by atoms with Gasteiger partial charge in [-0.05, 0) is 45.1 Å². The molecule has 0 aromatic heterocycles. The minimum Gasteiger partial charge on any atom is -0.324 e. The third kappa shape index (κ3) is 2.60. The number of urea groups is 1. The lowest BCUT2D eigenvalue weighted by Gasteiger charge is -2.36. The van der Waals surface area contributed by atoms with Crippen molar-refractivity contribution < 1.29 is 4.79 Å². The summed E-state index contributed by atoms with van der Waals surface area (Å²) in [4.78, 5) is 19.4. The maximum absolute atomic E-state index is 12.7. The van der Waals surface area contributed by atoms with Gasteiger partial charge in [0.1, 0.15) is 0 Å². The van der Waals surface area contributed by atoms with Gasteiger partial charge in [-0.3, -0.25) is 4.90 Å². The molecule has 0 aromatic rings. The molecule has 0 aromatic carbocycles. The maximum Gasteiger partial charge on any atom is 0.320 e. The lowest BCUT2D eigenvalue weighted by molar-refractivity contribution is 0.127. The van der Waals surface area contributed by atoms with E-state index in [-0.39, 0.29) is 0 Å². The van der Waals surface area contributed by atoms with E-state index in [1.807, 2.05) is 0 Å². The van der Waals surface area contributed by atoms with E-state index in [9.17, 15) is 4.79 Å². The van der Waals surface area contributed by atoms with Crippen molar-refractivity contribution in [3.05, 3.63) is 0 Å². The predicted octanol–water partition coefficient (Wildman–Crippen LogP) is 2.01. The van der Waals surface area contributed by atoms with Gasteiger partial charge in [-0.2, -0.15) is 0 Å². The van der Waals surface area contributed by atoms with Crippen molar-refractivity contribution >= 4 is 6.03 Å². The Hall–Kier alpha value is -0.770. The Morgan fingerprint density at radius 2 is 1.68 bits per heavy atom. The van der Waals surface area contributed by atoms with E-state index in [4.69, 9.17) is 0 Å². The Morgan fingerprint density at radius 3 is 2.47 bits per heavy atom. The summed E-state index contributed by atoms with van der Waals surface area (Å²) in [6.07, 6.45) is 6.19. The zero-order chi connectivity index (χ0) is 13.4. The van der Waals surface area contributed by atoms with E-state index in [1.54, 1.807) is 0 Å². The molecule has 3 atom stereocenters. The summed E-state index contributed by atoms with van der Waals surface area (Å²) < 4.78 is 0. The van der Waals surface area contributed by atoms with Crippen LogP contribution in [0.4, 0.5) is 4.79 Å². The summed E-state index contributed by atoms with van der Waals surface area (Å²) in [5.41, 5.74) is 0. The molecule has 3 unspecified atom stereocenters. The van der Waals surface area contributed by atoms with Crippen LogP contribution in [0.2, 0.25) is 0 Å². The van der Waals surface area contributed by atoms with Gasteiger partial charge < -0.3 is 9.80 Å². The Morgan fingerprint density at radius 1 is 0.947 bits per heavy atom. The molecule has 2 amide bonds. The summed E-state index contributed by atoms with van der Waals surface area (Å²) in [6.45, 7) is 6.08. The molecule has 3 aliphatic heterocycles. The number of fused-ring (bicyclic) bond motifs is 2. The number of piperidine rings is 1. The second kappa shape index (κ2) is 5.31. The Balaban J connectivity index is 1.64. The van der Waals surface area contributed by atoms with E-state index in [1.165, 1.54) is 25.7 Å². The molecule has 3 rings (SSSR count). The van der Waals surface area contributed by atoms with Crippen LogP contribution in [-0.4, -0.2) is 66.0 Å². The first-order chi connectivity index (χ1) is 9.15. The molecule has 19 heavy (non-hydrogen) atoms. The second-order valence-corrected chi connectivity index (χ2v) is 6.76. The van der Waals surface area contributed by atoms with Crippen LogP contribution < -0.4 is 0 Å². The number of hydrogen-bond donors (Lipinski definition) is 0. The van der Waals surface area contributed by atoms with Gasteiger partial charge in [0.15, 0.2) is 0 Å². The molecule has 2 bridgehead atoms. The van der Waals surface area contributed by atoms with Crippen molar-refractivity contribution in [2.24, 2.45) is 5.92 Å². The maximum atomic E-state index is 12.7. The molecule has 3 aliphatic rings. The fourth-order valence-electron chi connectivity index (χ4n) is 4.05. The van der Waals surface area contributed by atoms with Crippen molar-refractivity contribution in [3.8, 4) is 0 Å². The quantitative estimate of drug-likeness (QED) is 0.670. The molecule has 108 valence electrons. The first-order valence-electron chi connectivity index (χ1n) is 7.91. The van der Waals surface area contributed by atoms with Crippen molar-refractivity contribution in [2.75, 3.05) is 33.2 Å². The topological polar surface area (TPSA) is 26.8 Å². The highest BCUT2D eigenvalue weighted by Gasteiger charge is 2.37. The zero-order valence-electron chi connectivity index (χ0n) is 12.3. The smallest absolute Gasteiger partial charge is 0.320 e. The monoisotopic (exact) mass is 265 g/mol. The van der Waals surface area contributed by atoms with Gasteiger partial charge in [-0.15, -0.1) is 0 Å². The SMILES string of the molecule is CC1CCCN(C(=O)N2CCC3CCC(C2)N3C)C1. The molecule has 3 saturated heterocycles. The van der Waals surface area contributed by atoms with Crippen LogP contribution in [-0.2, 0) is 0 Å². The van der Waals surface area contributed by atoms with Gasteiger partial charge >= 0.3 is 6.03 Å². The average Bonchev–Trinajstić information content (AvgIpc) is 2.62. The number of likely N-dealkylation sites (tertiary alicyclic amines) is 2. The van der Waals surface area contributed by atoms with Gasteiger partial charge in [-0.25, -0.2) is 4.79 Å². The van der Waals surface area contributed by atoms with Crippen LogP contribution in [0.3, 0.4) is 0 Å². The van der Waals surface area contributed by atoms with E-state index in [0.717, 1.165) is 32.6 Å². The molecule has 3 heterocycles. The predicted molar refractivity (Wildman–Crippen MR) is 76.1 cm³/mol. The first kappa shape index (κ1) is 13.2. The van der Waals surface area contributed by atoms with Gasteiger partial charge in [0.2, 0.25) is 0 Å². The average molecular weight is 265 g/mol. The number of hydrogen-bond acceptors (Lipinski definition) is 2. The fraction of sp³-hybridized carbons (Fsp3) is 0.933. The number of carbonyl (C=O) groups is 1. The van der Waals surface area contributed by atoms with Crippen LogP contribution >= 0.6 is 0 Å². The largest absolute Gasteiger partial charge is 0.324 e. The number of likely N-dealkylation sites (N-methyl/N-ethyl adjacent to an activating group) is 1. The van der Waals surface area contributed by atoms with Gasteiger partial charge in [-0.1, -0.05) is 6.92 Å². The third-order valence-corrected chi connectivity index (χ3v) is 5.35. The van der Waals surface area contributed by atoms with Crippen LogP contribution in [0.1, 0.15) is 39.0 Å². The molecular formula is C15H27N3O. The van der Waals surface area contributed by atoms with Crippen molar-refractivity contribution in [3.63, 3.8) is 0 Å². The fourth-order valence-corrected chi connectivity index (χ4v) is 4.05. The molecule has 0 aliphatic carbocycles. The summed E-state index contributed by atoms with van der Waals surface area (Å²) >= 11 is 0. The summed E-state index contributed by atoms with van der Waals surface area (Å²) in [7, 11) is 2.24. The van der Waals surface area contributed by atoms with E-state index in [2.05, 4.69) is 28.7 Å². The summed E-state index contributed by atoms with van der Waals surface area (Å²) in [5, 5.41) is 0. The van der Waals surface area contributed by atoms with Crippen molar-refractivity contribution in [1.82, 2.24) is 14.7 Å². The first-order valence-corrected chi connectivity index (χ1v) is 7.91. The Kier molecular flexibility index (Phi) is 3.70. The zero-order valence-corrected chi connectivity index (χ0v) is 12.3. The number of amides is 2. The number of rotatable bonds is 0. The highest BCUT2D eigenvalue weighted by Crippen LogP contribution is 2.29. The van der Waals surface area contributed by atoms with E-state index < -0.39 is 0 Å². The van der Waals surface area contributed by atoms with Crippen LogP contribution in [0.5, 0.6) is 0 Å². The minimum atomic E-state index is 0.299. The highest BCUT2D eigenvalue weighted by atomic mass is 16.2. The Bertz CT molecular complexity index is 346. The highest BCUT2D eigenvalue weighted by molar-refractivity contribution is 5.74. The molecule has 0 radical (unpaired) electrons. The number of nitrogens with zero attached hydrogens (tertiary/aromatic N) is 3. The van der Waals surface area contributed by atoms with Crippen LogP contribution in [0.15, 0.2) is 0 Å². The second-order valence-electron chi connectivity index (χ2n) is 6.76. The minimum absolute atomic E-state index is 0.299. The third-order valence-electron chi connectivity index (χ3n) is 5.35. The van der Waals surface area contributed by atoms with Crippen molar-refractivity contribution in [1.29, 1.82) is 0 Å². The van der Waals surface area contributed by atoms with Gasteiger partial charge in [0.25, 0.3) is 0 Å². The Labute approximate surface area is 116 Å². The lowest BCUT2D eigenvalue weighted by Crippen LogP contribution is -2.49. The summed E-state index contributed by atoms with van der Waals surface area (Å²) in [5.74, 6) is 0.670. The normalized spacial score (nSPS) is 36.4. The molecule has 4 nitrogen and oxygen atoms in total. The lowest BCUT2D eigenvalue weighted by atomic mass is 10.0. The molecule has 0 saturated carbocycles. The van der Waals surface area contributed by atoms with E-state index in [0.29, 0.717) is 24.0 Å². The number of carbonyl (C=O) groups excluding carboxylic acids is 1. The molecular weight excluding hydrogens is 238 g/mol. The molecule has 4 heteroatoms. The molecule has 0 spiro atoms. The standard InChI is InChI=1S/C15H27N3O/c1-12-4-3-8-17(10-12)15(19)18-9-7-13-5-6-14(11-18)16(13)2/h12-14H,3-11H2,1-2H3. The van der Waals surface area contributed by atoms with Gasteiger partial charge in [0.05, 0.1) is 0 Å². The van der Waals surface area contributed by atoms with Gasteiger partial charge in [0, 0.05) is 38.3 Å².